The van der Waals surface area contributed by atoms with Gasteiger partial charge in [0.25, 0.3) is 0 Å². The Hall–Kier alpha value is -0.0400. The summed E-state index contributed by atoms with van der Waals surface area (Å²) in [7, 11) is 0. The fourth-order valence-electron chi connectivity index (χ4n) is 7.80. The van der Waals surface area contributed by atoms with Crippen molar-refractivity contribution >= 4 is 0 Å². The van der Waals surface area contributed by atoms with Crippen molar-refractivity contribution in [3.63, 3.8) is 0 Å². The minimum absolute atomic E-state index is 0.383. The largest absolute Gasteiger partial charge is 0.396 e. The zero-order valence-corrected chi connectivity index (χ0v) is 19.4. The molecule has 6 unspecified atom stereocenters. The van der Waals surface area contributed by atoms with E-state index in [1.807, 2.05) is 0 Å². The maximum absolute atomic E-state index is 9.08. The molecule has 0 saturated heterocycles. The highest BCUT2D eigenvalue weighted by Crippen LogP contribution is 2.51. The zero-order chi connectivity index (χ0) is 19.9. The van der Waals surface area contributed by atoms with Crippen LogP contribution < -0.4 is 0 Å². The van der Waals surface area contributed by atoms with Gasteiger partial charge in [-0.05, 0) is 98.7 Å². The zero-order valence-electron chi connectivity index (χ0n) is 19.4. The van der Waals surface area contributed by atoms with E-state index in [1.165, 1.54) is 70.6 Å². The van der Waals surface area contributed by atoms with Crippen LogP contribution in [-0.2, 0) is 0 Å². The first-order valence-electron chi connectivity index (χ1n) is 13.3. The second kappa shape index (κ2) is 11.4. The molecule has 0 amide bonds. The van der Waals surface area contributed by atoms with Crippen LogP contribution in [0.1, 0.15) is 117 Å². The second-order valence-electron chi connectivity index (χ2n) is 11.2. The number of aliphatic hydroxyl groups is 1. The monoisotopic (exact) mass is 390 g/mol. The van der Waals surface area contributed by atoms with Crippen molar-refractivity contribution in [2.45, 2.75) is 117 Å². The third-order valence-electron chi connectivity index (χ3n) is 9.57. The molecule has 6 atom stereocenters. The summed E-state index contributed by atoms with van der Waals surface area (Å²) in [6, 6.07) is 0. The molecule has 28 heavy (non-hydrogen) atoms. The van der Waals surface area contributed by atoms with Gasteiger partial charge in [0, 0.05) is 6.61 Å². The molecule has 3 fully saturated rings. The molecule has 3 saturated carbocycles. The maximum Gasteiger partial charge on any atom is 0.0431 e. The third-order valence-corrected chi connectivity index (χ3v) is 9.57. The number of hydrogen-bond acceptors (Lipinski definition) is 1. The van der Waals surface area contributed by atoms with E-state index in [-0.39, 0.29) is 0 Å². The highest BCUT2D eigenvalue weighted by Gasteiger charge is 2.41. The van der Waals surface area contributed by atoms with Gasteiger partial charge >= 0.3 is 0 Å². The van der Waals surface area contributed by atoms with E-state index in [0.29, 0.717) is 6.61 Å². The summed E-state index contributed by atoms with van der Waals surface area (Å²) in [6.07, 6.45) is 21.6. The van der Waals surface area contributed by atoms with Crippen molar-refractivity contribution in [3.05, 3.63) is 0 Å². The molecule has 0 bridgehead atoms. The Morgan fingerprint density at radius 2 is 1.29 bits per heavy atom. The summed E-state index contributed by atoms with van der Waals surface area (Å²) in [5, 5.41) is 9.08. The number of rotatable bonds is 8. The van der Waals surface area contributed by atoms with Crippen LogP contribution in [0.3, 0.4) is 0 Å². The van der Waals surface area contributed by atoms with Crippen molar-refractivity contribution in [1.29, 1.82) is 0 Å². The van der Waals surface area contributed by atoms with Crippen LogP contribution in [-0.4, -0.2) is 11.7 Å². The number of unbranched alkanes of at least 4 members (excludes halogenated alkanes) is 1. The topological polar surface area (TPSA) is 20.2 Å². The van der Waals surface area contributed by atoms with Gasteiger partial charge in [0.05, 0.1) is 0 Å². The summed E-state index contributed by atoms with van der Waals surface area (Å²) in [4.78, 5) is 0. The maximum atomic E-state index is 9.08. The van der Waals surface area contributed by atoms with E-state index < -0.39 is 0 Å². The van der Waals surface area contributed by atoms with Gasteiger partial charge in [0.15, 0.2) is 0 Å². The molecule has 1 nitrogen and oxygen atoms in total. The summed E-state index contributed by atoms with van der Waals surface area (Å²) < 4.78 is 0. The fraction of sp³-hybridized carbons (Fsp3) is 1.00. The van der Waals surface area contributed by atoms with Crippen LogP contribution >= 0.6 is 0 Å². The molecular formula is C27H50O. The Bertz CT molecular complexity index is 424. The molecule has 0 aromatic heterocycles. The smallest absolute Gasteiger partial charge is 0.0431 e. The van der Waals surface area contributed by atoms with Gasteiger partial charge in [-0.15, -0.1) is 0 Å². The Labute approximate surface area is 176 Å². The molecule has 3 aliphatic carbocycles. The van der Waals surface area contributed by atoms with Crippen LogP contribution in [0.5, 0.6) is 0 Å². The Kier molecular flexibility index (Phi) is 9.20. The summed E-state index contributed by atoms with van der Waals surface area (Å²) in [5.41, 5.74) is 0. The highest BCUT2D eigenvalue weighted by atomic mass is 16.2. The molecule has 0 spiro atoms. The van der Waals surface area contributed by atoms with Crippen LogP contribution in [0.15, 0.2) is 0 Å². The van der Waals surface area contributed by atoms with Gasteiger partial charge in [-0.25, -0.2) is 0 Å². The number of aliphatic hydroxyl groups excluding tert-OH is 1. The predicted molar refractivity (Wildman–Crippen MR) is 121 cm³/mol. The van der Waals surface area contributed by atoms with Crippen molar-refractivity contribution in [1.82, 2.24) is 0 Å². The van der Waals surface area contributed by atoms with Crippen LogP contribution in [0.4, 0.5) is 0 Å². The minimum atomic E-state index is 0.383. The summed E-state index contributed by atoms with van der Waals surface area (Å²) in [6.45, 7) is 7.80. The molecule has 0 aromatic rings. The molecule has 1 N–H and O–H groups in total. The lowest BCUT2D eigenvalue weighted by molar-refractivity contribution is 0.0297. The van der Waals surface area contributed by atoms with E-state index >= 15 is 0 Å². The molecule has 0 aromatic carbocycles. The Morgan fingerprint density at radius 1 is 0.679 bits per heavy atom. The van der Waals surface area contributed by atoms with Crippen LogP contribution in [0.25, 0.3) is 0 Å². The molecule has 0 radical (unpaired) electrons. The third kappa shape index (κ3) is 5.77. The summed E-state index contributed by atoms with van der Waals surface area (Å²) in [5.74, 6) is 8.14. The van der Waals surface area contributed by atoms with Gasteiger partial charge < -0.3 is 5.11 Å². The Morgan fingerprint density at radius 3 is 1.96 bits per heavy atom. The second-order valence-corrected chi connectivity index (χ2v) is 11.2. The van der Waals surface area contributed by atoms with E-state index in [9.17, 15) is 0 Å². The van der Waals surface area contributed by atoms with Gasteiger partial charge in [-0.2, -0.15) is 0 Å². The van der Waals surface area contributed by atoms with E-state index in [1.54, 1.807) is 19.3 Å². The molecule has 1 heteroatoms. The van der Waals surface area contributed by atoms with Crippen LogP contribution in [0.2, 0.25) is 0 Å². The lowest BCUT2D eigenvalue weighted by Crippen LogP contribution is -2.38. The van der Waals surface area contributed by atoms with E-state index in [0.717, 1.165) is 53.8 Å². The number of hydrogen-bond donors (Lipinski definition) is 1. The normalized spacial score (nSPS) is 42.4. The van der Waals surface area contributed by atoms with Crippen molar-refractivity contribution in [2.75, 3.05) is 6.61 Å². The van der Waals surface area contributed by atoms with Crippen molar-refractivity contribution in [3.8, 4) is 0 Å². The first-order valence-corrected chi connectivity index (χ1v) is 13.3. The van der Waals surface area contributed by atoms with Gasteiger partial charge in [0.2, 0.25) is 0 Å². The molecule has 164 valence electrons. The fourth-order valence-corrected chi connectivity index (χ4v) is 7.80. The standard InChI is InChI=1S/C27H50O/c1-4-22-18-21(8-6-7-17-28)11-15-27(22)25-14-16-26(23(5-2)19-25)24-12-9-20(3)10-13-24/h20-28H,4-19H2,1-3H3. The minimum Gasteiger partial charge on any atom is -0.396 e. The first kappa shape index (κ1) is 22.6. The quantitative estimate of drug-likeness (QED) is 0.418. The predicted octanol–water partition coefficient (Wildman–Crippen LogP) is 7.86. The first-order chi connectivity index (χ1) is 13.7. The average molecular weight is 391 g/mol. The van der Waals surface area contributed by atoms with Crippen molar-refractivity contribution < 1.29 is 5.11 Å². The van der Waals surface area contributed by atoms with Crippen LogP contribution in [0, 0.1) is 47.3 Å². The van der Waals surface area contributed by atoms with Gasteiger partial charge in [0.1, 0.15) is 0 Å². The Balaban J connectivity index is 1.53. The molecule has 0 heterocycles. The molecule has 0 aliphatic heterocycles. The highest BCUT2D eigenvalue weighted by molar-refractivity contribution is 4.91. The lowest BCUT2D eigenvalue weighted by atomic mass is 9.58. The molecule has 3 aliphatic rings. The van der Waals surface area contributed by atoms with Gasteiger partial charge in [-0.1, -0.05) is 65.7 Å². The van der Waals surface area contributed by atoms with E-state index in [4.69, 9.17) is 5.11 Å². The SMILES string of the molecule is CCC1CC(CCCCO)CCC1C1CCC(C2CCC(C)CC2)C(CC)C1. The van der Waals surface area contributed by atoms with Crippen molar-refractivity contribution in [2.24, 2.45) is 47.3 Å². The molecular weight excluding hydrogens is 340 g/mol. The van der Waals surface area contributed by atoms with Gasteiger partial charge in [-0.3, -0.25) is 0 Å². The summed E-state index contributed by atoms with van der Waals surface area (Å²) >= 11 is 0. The van der Waals surface area contributed by atoms with E-state index in [2.05, 4.69) is 20.8 Å². The lowest BCUT2D eigenvalue weighted by Gasteiger charge is -2.47. The average Bonchev–Trinajstić information content (AvgIpc) is 2.74. The molecule has 3 rings (SSSR count).